The molecule has 0 saturated heterocycles. The fourth-order valence-electron chi connectivity index (χ4n) is 1.49. The zero-order valence-electron chi connectivity index (χ0n) is 10.3. The molecule has 19 heavy (non-hydrogen) atoms. The summed E-state index contributed by atoms with van der Waals surface area (Å²) in [7, 11) is -3.66. The van der Waals surface area contributed by atoms with Crippen molar-refractivity contribution in [2.24, 2.45) is 0 Å². The highest BCUT2D eigenvalue weighted by Crippen LogP contribution is 2.22. The third-order valence-corrected chi connectivity index (χ3v) is 4.42. The zero-order chi connectivity index (χ0) is 14.3. The Morgan fingerprint density at radius 1 is 1.32 bits per heavy atom. The second kappa shape index (κ2) is 7.46. The van der Waals surface area contributed by atoms with Gasteiger partial charge in [-0.15, -0.1) is 0 Å². The van der Waals surface area contributed by atoms with E-state index in [1.54, 1.807) is 0 Å². The first-order valence-corrected chi connectivity index (χ1v) is 7.67. The molecule has 0 amide bonds. The van der Waals surface area contributed by atoms with Gasteiger partial charge >= 0.3 is 0 Å². The number of aliphatic hydroxyl groups is 1. The van der Waals surface area contributed by atoms with Gasteiger partial charge in [0.05, 0.1) is 16.7 Å². The van der Waals surface area contributed by atoms with Gasteiger partial charge in [-0.3, -0.25) is 0 Å². The predicted molar refractivity (Wildman–Crippen MR) is 72.3 cm³/mol. The highest BCUT2D eigenvalue weighted by atomic mass is 35.5. The van der Waals surface area contributed by atoms with E-state index in [2.05, 4.69) is 4.72 Å². The van der Waals surface area contributed by atoms with Crippen molar-refractivity contribution >= 4 is 21.6 Å². The fourth-order valence-corrected chi connectivity index (χ4v) is 3.10. The summed E-state index contributed by atoms with van der Waals surface area (Å²) in [5.41, 5.74) is 0.312. The molecule has 1 aromatic carbocycles. The highest BCUT2D eigenvalue weighted by molar-refractivity contribution is 7.89. The minimum atomic E-state index is -3.66. The van der Waals surface area contributed by atoms with E-state index in [4.69, 9.17) is 22.0 Å². The van der Waals surface area contributed by atoms with Gasteiger partial charge in [-0.1, -0.05) is 11.6 Å². The quantitative estimate of drug-likeness (QED) is 0.749. The molecule has 0 aromatic heterocycles. The number of aliphatic hydroxyl groups excluding tert-OH is 1. The molecule has 0 bridgehead atoms. The van der Waals surface area contributed by atoms with Crippen molar-refractivity contribution in [3.63, 3.8) is 0 Å². The van der Waals surface area contributed by atoms with Gasteiger partial charge in [0.2, 0.25) is 10.0 Å². The van der Waals surface area contributed by atoms with Gasteiger partial charge in [-0.25, -0.2) is 13.1 Å². The number of halogens is 1. The topological polar surface area (TPSA) is 90.2 Å². The van der Waals surface area contributed by atoms with Crippen LogP contribution in [0.1, 0.15) is 24.8 Å². The molecule has 0 aliphatic carbocycles. The van der Waals surface area contributed by atoms with Crippen molar-refractivity contribution in [1.82, 2.24) is 4.72 Å². The van der Waals surface area contributed by atoms with E-state index in [1.807, 2.05) is 6.07 Å². The summed E-state index contributed by atoms with van der Waals surface area (Å²) in [5.74, 6) is 0. The van der Waals surface area contributed by atoms with Crippen LogP contribution in [0.15, 0.2) is 23.1 Å². The van der Waals surface area contributed by atoms with E-state index in [0.29, 0.717) is 24.9 Å². The number of sulfonamides is 1. The van der Waals surface area contributed by atoms with Gasteiger partial charge in [0.1, 0.15) is 4.90 Å². The van der Waals surface area contributed by atoms with Gasteiger partial charge in [0, 0.05) is 13.2 Å². The SMILES string of the molecule is N#Cc1ccc(S(=O)(=O)NCCCCCO)c(Cl)c1. The molecule has 104 valence electrons. The molecule has 2 N–H and O–H groups in total. The third-order valence-electron chi connectivity index (χ3n) is 2.48. The van der Waals surface area contributed by atoms with Gasteiger partial charge in [0.25, 0.3) is 0 Å². The molecule has 0 aliphatic heterocycles. The first kappa shape index (κ1) is 15.9. The molecule has 7 heteroatoms. The number of rotatable bonds is 7. The Morgan fingerprint density at radius 2 is 2.05 bits per heavy atom. The minimum absolute atomic E-state index is 0.0295. The van der Waals surface area contributed by atoms with Crippen LogP contribution < -0.4 is 4.72 Å². The molecule has 0 spiro atoms. The maximum Gasteiger partial charge on any atom is 0.242 e. The summed E-state index contributed by atoms with van der Waals surface area (Å²) in [6.07, 6.45) is 2.05. The van der Waals surface area contributed by atoms with Crippen LogP contribution in [0, 0.1) is 11.3 Å². The van der Waals surface area contributed by atoms with E-state index >= 15 is 0 Å². The van der Waals surface area contributed by atoms with Crippen LogP contribution >= 0.6 is 11.6 Å². The van der Waals surface area contributed by atoms with Crippen molar-refractivity contribution in [3.05, 3.63) is 28.8 Å². The van der Waals surface area contributed by atoms with E-state index in [9.17, 15) is 8.42 Å². The maximum absolute atomic E-state index is 12.0. The Bertz CT molecular complexity index is 567. The van der Waals surface area contributed by atoms with Crippen molar-refractivity contribution in [2.45, 2.75) is 24.2 Å². The summed E-state index contributed by atoms with van der Waals surface area (Å²) in [4.78, 5) is -0.0321. The van der Waals surface area contributed by atoms with Gasteiger partial charge in [-0.2, -0.15) is 5.26 Å². The molecule has 0 unspecified atom stereocenters. The van der Waals surface area contributed by atoms with Gasteiger partial charge < -0.3 is 5.11 Å². The smallest absolute Gasteiger partial charge is 0.242 e. The summed E-state index contributed by atoms with van der Waals surface area (Å²) >= 11 is 5.85. The maximum atomic E-state index is 12.0. The molecule has 0 saturated carbocycles. The monoisotopic (exact) mass is 302 g/mol. The third kappa shape index (κ3) is 4.80. The molecule has 1 aromatic rings. The number of hydrogen-bond donors (Lipinski definition) is 2. The summed E-state index contributed by atoms with van der Waals surface area (Å²) < 4.78 is 26.4. The molecule has 0 radical (unpaired) electrons. The summed E-state index contributed by atoms with van der Waals surface area (Å²) in [6.45, 7) is 0.396. The fraction of sp³-hybridized carbons (Fsp3) is 0.417. The van der Waals surface area contributed by atoms with Gasteiger partial charge in [0.15, 0.2) is 0 Å². The number of unbranched alkanes of at least 4 members (excludes halogenated alkanes) is 2. The first-order chi connectivity index (χ1) is 9.01. The van der Waals surface area contributed by atoms with Gasteiger partial charge in [-0.05, 0) is 37.5 Å². The van der Waals surface area contributed by atoms with Crippen LogP contribution in [0.2, 0.25) is 5.02 Å². The number of benzene rings is 1. The average Bonchev–Trinajstić information content (AvgIpc) is 2.37. The number of nitrogens with one attached hydrogen (secondary N) is 1. The van der Waals surface area contributed by atoms with Crippen molar-refractivity contribution in [3.8, 4) is 6.07 Å². The molecular weight excluding hydrogens is 288 g/mol. The van der Waals surface area contributed by atoms with Crippen LogP contribution in [0.3, 0.4) is 0 Å². The Labute approximate surface area is 117 Å². The van der Waals surface area contributed by atoms with Crippen molar-refractivity contribution in [2.75, 3.05) is 13.2 Å². The average molecular weight is 303 g/mol. The van der Waals surface area contributed by atoms with E-state index < -0.39 is 10.0 Å². The second-order valence-corrected chi connectivity index (χ2v) is 6.08. The lowest BCUT2D eigenvalue weighted by Gasteiger charge is -2.08. The van der Waals surface area contributed by atoms with E-state index in [1.165, 1.54) is 18.2 Å². The standard InChI is InChI=1S/C12H15ClN2O3S/c13-11-8-10(9-14)4-5-12(11)19(17,18)15-6-2-1-3-7-16/h4-5,8,15-16H,1-3,6-7H2. The highest BCUT2D eigenvalue weighted by Gasteiger charge is 2.17. The molecule has 5 nitrogen and oxygen atoms in total. The number of nitrogens with zero attached hydrogens (tertiary/aromatic N) is 1. The Morgan fingerprint density at radius 3 is 2.63 bits per heavy atom. The molecule has 0 fully saturated rings. The number of nitriles is 1. The first-order valence-electron chi connectivity index (χ1n) is 5.81. The Balaban J connectivity index is 2.70. The lowest BCUT2D eigenvalue weighted by atomic mass is 10.2. The van der Waals surface area contributed by atoms with E-state index in [0.717, 1.165) is 6.42 Å². The Hall–Kier alpha value is -1.13. The number of hydrogen-bond acceptors (Lipinski definition) is 4. The second-order valence-electron chi connectivity index (χ2n) is 3.94. The van der Waals surface area contributed by atoms with E-state index in [-0.39, 0.29) is 16.5 Å². The van der Waals surface area contributed by atoms with Crippen LogP contribution in [-0.2, 0) is 10.0 Å². The summed E-state index contributed by atoms with van der Waals surface area (Å²) in [6, 6.07) is 5.94. The lowest BCUT2D eigenvalue weighted by Crippen LogP contribution is -2.25. The van der Waals surface area contributed by atoms with Crippen LogP contribution in [0.4, 0.5) is 0 Å². The van der Waals surface area contributed by atoms with Crippen LogP contribution in [0.25, 0.3) is 0 Å². The molecular formula is C12H15ClN2O3S. The van der Waals surface area contributed by atoms with Crippen molar-refractivity contribution in [1.29, 1.82) is 5.26 Å². The normalized spacial score (nSPS) is 11.2. The largest absolute Gasteiger partial charge is 0.396 e. The Kier molecular flexibility index (Phi) is 6.25. The molecule has 0 heterocycles. The zero-order valence-corrected chi connectivity index (χ0v) is 11.8. The van der Waals surface area contributed by atoms with Crippen LogP contribution in [-0.4, -0.2) is 26.7 Å². The van der Waals surface area contributed by atoms with Crippen LogP contribution in [0.5, 0.6) is 0 Å². The molecule has 1 rings (SSSR count). The molecule has 0 atom stereocenters. The minimum Gasteiger partial charge on any atom is -0.396 e. The lowest BCUT2D eigenvalue weighted by molar-refractivity contribution is 0.283. The summed E-state index contributed by atoms with van der Waals surface area (Å²) in [5, 5.41) is 17.3. The van der Waals surface area contributed by atoms with Crippen molar-refractivity contribution < 1.29 is 13.5 Å². The molecule has 0 aliphatic rings. The predicted octanol–water partition coefficient (Wildman–Crippen LogP) is 1.65.